The van der Waals surface area contributed by atoms with Crippen molar-refractivity contribution in [2.24, 2.45) is 0 Å². The molecule has 0 aliphatic carbocycles. The molecule has 0 aliphatic heterocycles. The molecule has 80 valence electrons. The topological polar surface area (TPSA) is 63.6 Å². The van der Waals surface area contributed by atoms with Gasteiger partial charge in [-0.05, 0) is 18.2 Å². The molecular formula is C10H9ClO4. The third-order valence-corrected chi connectivity index (χ3v) is 2.11. The SMILES string of the molecule is COc1ccc(C(=O)O)cc1C(=O)CCl. The molecule has 1 N–H and O–H groups in total. The van der Waals surface area contributed by atoms with Crippen molar-refractivity contribution in [3.05, 3.63) is 29.3 Å². The summed E-state index contributed by atoms with van der Waals surface area (Å²) < 4.78 is 4.93. The number of ketones is 1. The number of Topliss-reactive ketones (excluding diaryl/α,β-unsaturated/α-hetero) is 1. The van der Waals surface area contributed by atoms with Gasteiger partial charge in [-0.15, -0.1) is 11.6 Å². The fraction of sp³-hybridized carbons (Fsp3) is 0.200. The molecule has 0 radical (unpaired) electrons. The molecule has 15 heavy (non-hydrogen) atoms. The van der Waals surface area contributed by atoms with Crippen LogP contribution in [0.4, 0.5) is 0 Å². The van der Waals surface area contributed by atoms with Gasteiger partial charge in [-0.2, -0.15) is 0 Å². The molecular weight excluding hydrogens is 220 g/mol. The largest absolute Gasteiger partial charge is 0.496 e. The van der Waals surface area contributed by atoms with E-state index in [9.17, 15) is 9.59 Å². The van der Waals surface area contributed by atoms with Gasteiger partial charge < -0.3 is 9.84 Å². The van der Waals surface area contributed by atoms with Crippen LogP contribution < -0.4 is 4.74 Å². The first-order valence-corrected chi connectivity index (χ1v) is 4.64. The Bertz CT molecular complexity index is 400. The van der Waals surface area contributed by atoms with Gasteiger partial charge >= 0.3 is 5.97 Å². The number of carboxylic acid groups (broad SMARTS) is 1. The Morgan fingerprint density at radius 3 is 2.60 bits per heavy atom. The molecule has 1 aromatic rings. The van der Waals surface area contributed by atoms with E-state index in [-0.39, 0.29) is 22.8 Å². The Labute approximate surface area is 91.4 Å². The van der Waals surface area contributed by atoms with E-state index in [4.69, 9.17) is 21.4 Å². The summed E-state index contributed by atoms with van der Waals surface area (Å²) in [5, 5.41) is 8.74. The number of alkyl halides is 1. The van der Waals surface area contributed by atoms with Gasteiger partial charge in [0.2, 0.25) is 0 Å². The van der Waals surface area contributed by atoms with Crippen LogP contribution >= 0.6 is 11.6 Å². The number of rotatable bonds is 4. The molecule has 0 amide bonds. The van der Waals surface area contributed by atoms with E-state index in [1.165, 1.54) is 25.3 Å². The zero-order valence-corrected chi connectivity index (χ0v) is 8.75. The second-order valence-electron chi connectivity index (χ2n) is 2.78. The average Bonchev–Trinajstić information content (AvgIpc) is 2.27. The Morgan fingerprint density at radius 1 is 1.47 bits per heavy atom. The van der Waals surface area contributed by atoms with E-state index in [2.05, 4.69) is 0 Å². The van der Waals surface area contributed by atoms with Crippen molar-refractivity contribution in [1.82, 2.24) is 0 Å². The van der Waals surface area contributed by atoms with Crippen LogP contribution in [-0.4, -0.2) is 29.8 Å². The van der Waals surface area contributed by atoms with Crippen LogP contribution in [0.2, 0.25) is 0 Å². The molecule has 0 spiro atoms. The zero-order valence-electron chi connectivity index (χ0n) is 7.99. The van der Waals surface area contributed by atoms with E-state index in [1.54, 1.807) is 0 Å². The van der Waals surface area contributed by atoms with Crippen molar-refractivity contribution in [3.8, 4) is 5.75 Å². The first kappa shape index (κ1) is 11.5. The summed E-state index contributed by atoms with van der Waals surface area (Å²) in [7, 11) is 1.40. The van der Waals surface area contributed by atoms with E-state index in [0.29, 0.717) is 5.75 Å². The van der Waals surface area contributed by atoms with E-state index < -0.39 is 5.97 Å². The minimum Gasteiger partial charge on any atom is -0.496 e. The maximum atomic E-state index is 11.4. The molecule has 0 fully saturated rings. The van der Waals surface area contributed by atoms with Gasteiger partial charge in [-0.25, -0.2) is 4.79 Å². The van der Waals surface area contributed by atoms with Gasteiger partial charge in [-0.1, -0.05) is 0 Å². The van der Waals surface area contributed by atoms with Crippen molar-refractivity contribution in [3.63, 3.8) is 0 Å². The van der Waals surface area contributed by atoms with Crippen LogP contribution in [0.1, 0.15) is 20.7 Å². The van der Waals surface area contributed by atoms with Crippen LogP contribution in [0.5, 0.6) is 5.75 Å². The summed E-state index contributed by atoms with van der Waals surface area (Å²) in [5.41, 5.74) is 0.219. The number of benzene rings is 1. The Balaban J connectivity index is 3.25. The number of carboxylic acids is 1. The third-order valence-electron chi connectivity index (χ3n) is 1.87. The molecule has 1 aromatic carbocycles. The molecule has 0 heterocycles. The molecule has 1 rings (SSSR count). The molecule has 0 bridgehead atoms. The van der Waals surface area contributed by atoms with Gasteiger partial charge in [0, 0.05) is 0 Å². The highest BCUT2D eigenvalue weighted by Gasteiger charge is 2.14. The maximum absolute atomic E-state index is 11.4. The lowest BCUT2D eigenvalue weighted by atomic mass is 10.1. The first-order valence-electron chi connectivity index (χ1n) is 4.10. The second kappa shape index (κ2) is 4.79. The van der Waals surface area contributed by atoms with Gasteiger partial charge in [0.25, 0.3) is 0 Å². The fourth-order valence-corrected chi connectivity index (χ4v) is 1.27. The van der Waals surface area contributed by atoms with E-state index >= 15 is 0 Å². The summed E-state index contributed by atoms with van der Waals surface area (Å²) in [6, 6.07) is 4.06. The Hall–Kier alpha value is -1.55. The van der Waals surface area contributed by atoms with Crippen molar-refractivity contribution in [2.75, 3.05) is 13.0 Å². The van der Waals surface area contributed by atoms with Crippen LogP contribution in [-0.2, 0) is 0 Å². The summed E-state index contributed by atoms with van der Waals surface area (Å²) in [4.78, 5) is 22.0. The van der Waals surface area contributed by atoms with E-state index in [1.807, 2.05) is 0 Å². The highest BCUT2D eigenvalue weighted by Crippen LogP contribution is 2.20. The molecule has 4 nitrogen and oxygen atoms in total. The van der Waals surface area contributed by atoms with Crippen LogP contribution in [0.15, 0.2) is 18.2 Å². The molecule has 0 saturated carbocycles. The van der Waals surface area contributed by atoms with Crippen LogP contribution in [0.3, 0.4) is 0 Å². The Morgan fingerprint density at radius 2 is 2.13 bits per heavy atom. The van der Waals surface area contributed by atoms with Crippen LogP contribution in [0.25, 0.3) is 0 Å². The normalized spacial score (nSPS) is 9.73. The predicted octanol–water partition coefficient (Wildman–Crippen LogP) is 1.81. The van der Waals surface area contributed by atoms with E-state index in [0.717, 1.165) is 0 Å². The van der Waals surface area contributed by atoms with Crippen LogP contribution in [0, 0.1) is 0 Å². The maximum Gasteiger partial charge on any atom is 0.335 e. The number of methoxy groups -OCH3 is 1. The summed E-state index contributed by atoms with van der Waals surface area (Å²) in [5.74, 6) is -1.34. The van der Waals surface area contributed by atoms with Gasteiger partial charge in [0.05, 0.1) is 24.1 Å². The number of hydrogen-bond donors (Lipinski definition) is 1. The quantitative estimate of drug-likeness (QED) is 0.631. The Kier molecular flexibility index (Phi) is 3.68. The van der Waals surface area contributed by atoms with Gasteiger partial charge in [-0.3, -0.25) is 4.79 Å². The van der Waals surface area contributed by atoms with Crippen molar-refractivity contribution < 1.29 is 19.4 Å². The monoisotopic (exact) mass is 228 g/mol. The van der Waals surface area contributed by atoms with Gasteiger partial charge in [0.1, 0.15) is 5.75 Å². The van der Waals surface area contributed by atoms with Crippen molar-refractivity contribution >= 4 is 23.4 Å². The fourth-order valence-electron chi connectivity index (χ4n) is 1.13. The summed E-state index contributed by atoms with van der Waals surface area (Å²) in [6.45, 7) is 0. The van der Waals surface area contributed by atoms with Crippen molar-refractivity contribution in [1.29, 1.82) is 0 Å². The molecule has 0 unspecified atom stereocenters. The lowest BCUT2D eigenvalue weighted by Gasteiger charge is -2.06. The van der Waals surface area contributed by atoms with Crippen molar-refractivity contribution in [2.45, 2.75) is 0 Å². The summed E-state index contributed by atoms with van der Waals surface area (Å²) in [6.07, 6.45) is 0. The molecule has 0 aromatic heterocycles. The molecule has 0 atom stereocenters. The number of aromatic carboxylic acids is 1. The van der Waals surface area contributed by atoms with Gasteiger partial charge in [0.15, 0.2) is 5.78 Å². The number of ether oxygens (including phenoxy) is 1. The number of carbonyl (C=O) groups is 2. The third kappa shape index (κ3) is 2.47. The predicted molar refractivity (Wildman–Crippen MR) is 55.0 cm³/mol. The second-order valence-corrected chi connectivity index (χ2v) is 3.04. The molecule has 0 aliphatic rings. The highest BCUT2D eigenvalue weighted by molar-refractivity contribution is 6.30. The lowest BCUT2D eigenvalue weighted by molar-refractivity contribution is 0.0697. The minimum absolute atomic E-state index is 0.0317. The summed E-state index contributed by atoms with van der Waals surface area (Å²) >= 11 is 5.39. The average molecular weight is 229 g/mol. The molecule has 0 saturated heterocycles. The highest BCUT2D eigenvalue weighted by atomic mass is 35.5. The first-order chi connectivity index (χ1) is 7.10. The lowest BCUT2D eigenvalue weighted by Crippen LogP contribution is -2.06. The number of hydrogen-bond acceptors (Lipinski definition) is 3. The smallest absolute Gasteiger partial charge is 0.335 e. The standard InChI is InChI=1S/C10H9ClO4/c1-15-9-3-2-6(10(13)14)4-7(9)8(12)5-11/h2-4H,5H2,1H3,(H,13,14). The molecule has 5 heteroatoms. The number of carbonyl (C=O) groups excluding carboxylic acids is 1. The minimum atomic E-state index is -1.10. The number of halogens is 1. The zero-order chi connectivity index (χ0) is 11.4.